The topological polar surface area (TPSA) is 73.9 Å². The van der Waals surface area contributed by atoms with Gasteiger partial charge in [0.05, 0.1) is 27.4 Å². The SMILES string of the molecule is COc1cc(OC)c(C(CN)CC(C)O)c(OC)c1. The van der Waals surface area contributed by atoms with Crippen LogP contribution in [0.5, 0.6) is 17.2 Å². The van der Waals surface area contributed by atoms with E-state index in [4.69, 9.17) is 19.9 Å². The summed E-state index contributed by atoms with van der Waals surface area (Å²) in [5, 5.41) is 9.58. The average molecular weight is 269 g/mol. The van der Waals surface area contributed by atoms with Crippen LogP contribution in [0.2, 0.25) is 0 Å². The third kappa shape index (κ3) is 3.75. The number of rotatable bonds is 7. The molecule has 0 amide bonds. The largest absolute Gasteiger partial charge is 0.496 e. The molecular formula is C14H23NO4. The summed E-state index contributed by atoms with van der Waals surface area (Å²) in [6.45, 7) is 2.15. The highest BCUT2D eigenvalue weighted by molar-refractivity contribution is 5.52. The maximum atomic E-state index is 9.58. The van der Waals surface area contributed by atoms with E-state index in [2.05, 4.69) is 0 Å². The third-order valence-corrected chi connectivity index (χ3v) is 3.07. The number of hydrogen-bond acceptors (Lipinski definition) is 5. The van der Waals surface area contributed by atoms with Gasteiger partial charge in [-0.3, -0.25) is 0 Å². The Morgan fingerprint density at radius 2 is 1.63 bits per heavy atom. The Kier molecular flexibility index (Phi) is 5.92. The molecule has 0 saturated carbocycles. The van der Waals surface area contributed by atoms with E-state index in [1.807, 2.05) is 0 Å². The maximum Gasteiger partial charge on any atom is 0.129 e. The first kappa shape index (κ1) is 15.6. The van der Waals surface area contributed by atoms with Gasteiger partial charge < -0.3 is 25.1 Å². The lowest BCUT2D eigenvalue weighted by molar-refractivity contribution is 0.174. The van der Waals surface area contributed by atoms with Crippen molar-refractivity contribution < 1.29 is 19.3 Å². The predicted molar refractivity (Wildman–Crippen MR) is 74.2 cm³/mol. The number of aliphatic hydroxyl groups is 1. The molecule has 0 spiro atoms. The van der Waals surface area contributed by atoms with Crippen molar-refractivity contribution in [1.29, 1.82) is 0 Å². The minimum absolute atomic E-state index is 0.0317. The van der Waals surface area contributed by atoms with Gasteiger partial charge in [0.15, 0.2) is 0 Å². The third-order valence-electron chi connectivity index (χ3n) is 3.07. The molecule has 5 nitrogen and oxygen atoms in total. The van der Waals surface area contributed by atoms with E-state index in [1.165, 1.54) is 0 Å². The molecule has 0 radical (unpaired) electrons. The molecule has 2 atom stereocenters. The summed E-state index contributed by atoms with van der Waals surface area (Å²) in [4.78, 5) is 0. The molecule has 1 rings (SSSR count). The zero-order valence-corrected chi connectivity index (χ0v) is 12.0. The fourth-order valence-corrected chi connectivity index (χ4v) is 2.18. The van der Waals surface area contributed by atoms with Crippen molar-refractivity contribution in [2.24, 2.45) is 5.73 Å². The highest BCUT2D eigenvalue weighted by Gasteiger charge is 2.22. The molecule has 3 N–H and O–H groups in total. The van der Waals surface area contributed by atoms with E-state index in [-0.39, 0.29) is 5.92 Å². The second-order valence-electron chi connectivity index (χ2n) is 4.46. The van der Waals surface area contributed by atoms with Gasteiger partial charge >= 0.3 is 0 Å². The number of ether oxygens (including phenoxy) is 3. The molecule has 1 aromatic rings. The number of hydrogen-bond donors (Lipinski definition) is 2. The zero-order valence-electron chi connectivity index (χ0n) is 12.0. The summed E-state index contributed by atoms with van der Waals surface area (Å²) in [5.41, 5.74) is 6.69. The standard InChI is InChI=1S/C14H23NO4/c1-9(16)5-10(8-15)14-12(18-3)6-11(17-2)7-13(14)19-4/h6-7,9-10,16H,5,8,15H2,1-4H3. The van der Waals surface area contributed by atoms with E-state index < -0.39 is 6.10 Å². The quantitative estimate of drug-likeness (QED) is 0.785. The van der Waals surface area contributed by atoms with E-state index in [1.54, 1.807) is 40.4 Å². The van der Waals surface area contributed by atoms with Crippen molar-refractivity contribution >= 4 is 0 Å². The molecular weight excluding hydrogens is 246 g/mol. The molecule has 0 aromatic heterocycles. The van der Waals surface area contributed by atoms with Crippen LogP contribution >= 0.6 is 0 Å². The van der Waals surface area contributed by atoms with Crippen LogP contribution in [0.1, 0.15) is 24.8 Å². The van der Waals surface area contributed by atoms with Gasteiger partial charge in [-0.25, -0.2) is 0 Å². The van der Waals surface area contributed by atoms with Gasteiger partial charge in [0.1, 0.15) is 17.2 Å². The van der Waals surface area contributed by atoms with Crippen LogP contribution in [0.15, 0.2) is 12.1 Å². The van der Waals surface area contributed by atoms with Crippen molar-refractivity contribution in [3.8, 4) is 17.2 Å². The lowest BCUT2D eigenvalue weighted by Crippen LogP contribution is -2.19. The maximum absolute atomic E-state index is 9.58. The molecule has 0 bridgehead atoms. The molecule has 0 heterocycles. The number of aliphatic hydroxyl groups excluding tert-OH is 1. The van der Waals surface area contributed by atoms with Gasteiger partial charge in [0, 0.05) is 23.6 Å². The number of methoxy groups -OCH3 is 3. The monoisotopic (exact) mass is 269 g/mol. The molecule has 0 aliphatic carbocycles. The van der Waals surface area contributed by atoms with Crippen LogP contribution in [-0.2, 0) is 0 Å². The molecule has 5 heteroatoms. The zero-order chi connectivity index (χ0) is 14.4. The fraction of sp³-hybridized carbons (Fsp3) is 0.571. The molecule has 0 saturated heterocycles. The fourth-order valence-electron chi connectivity index (χ4n) is 2.18. The smallest absolute Gasteiger partial charge is 0.129 e. The second-order valence-corrected chi connectivity index (χ2v) is 4.46. The summed E-state index contributed by atoms with van der Waals surface area (Å²) in [6.07, 6.45) is 0.111. The van der Waals surface area contributed by atoms with Gasteiger partial charge in [-0.15, -0.1) is 0 Å². The Labute approximate surface area is 114 Å². The summed E-state index contributed by atoms with van der Waals surface area (Å²) < 4.78 is 16.0. The van der Waals surface area contributed by atoms with Crippen molar-refractivity contribution in [2.45, 2.75) is 25.4 Å². The van der Waals surface area contributed by atoms with Crippen LogP contribution < -0.4 is 19.9 Å². The first-order valence-corrected chi connectivity index (χ1v) is 6.25. The minimum Gasteiger partial charge on any atom is -0.496 e. The van der Waals surface area contributed by atoms with Crippen molar-refractivity contribution in [3.63, 3.8) is 0 Å². The van der Waals surface area contributed by atoms with Crippen molar-refractivity contribution in [1.82, 2.24) is 0 Å². The Morgan fingerprint density at radius 3 is 1.95 bits per heavy atom. The van der Waals surface area contributed by atoms with E-state index in [0.717, 1.165) is 5.56 Å². The summed E-state index contributed by atoms with van der Waals surface area (Å²) in [5.74, 6) is 1.95. The molecule has 0 fully saturated rings. The Bertz CT molecular complexity index is 381. The minimum atomic E-state index is -0.440. The van der Waals surface area contributed by atoms with Crippen LogP contribution in [0.25, 0.3) is 0 Å². The Morgan fingerprint density at radius 1 is 1.11 bits per heavy atom. The summed E-state index contributed by atoms with van der Waals surface area (Å²) in [6, 6.07) is 3.59. The van der Waals surface area contributed by atoms with Crippen molar-refractivity contribution in [3.05, 3.63) is 17.7 Å². The molecule has 108 valence electrons. The van der Waals surface area contributed by atoms with Gasteiger partial charge in [-0.05, 0) is 19.9 Å². The Balaban J connectivity index is 3.28. The van der Waals surface area contributed by atoms with Gasteiger partial charge in [-0.1, -0.05) is 0 Å². The van der Waals surface area contributed by atoms with Crippen LogP contribution in [-0.4, -0.2) is 39.1 Å². The van der Waals surface area contributed by atoms with E-state index in [0.29, 0.717) is 30.2 Å². The summed E-state index contributed by atoms with van der Waals surface area (Å²) >= 11 is 0. The Hall–Kier alpha value is -1.46. The lowest BCUT2D eigenvalue weighted by atomic mass is 9.91. The predicted octanol–water partition coefficient (Wildman–Crippen LogP) is 1.53. The van der Waals surface area contributed by atoms with Gasteiger partial charge in [0.2, 0.25) is 0 Å². The normalized spacial score (nSPS) is 13.8. The highest BCUT2D eigenvalue weighted by Crippen LogP contribution is 2.40. The van der Waals surface area contributed by atoms with Crippen LogP contribution in [0, 0.1) is 0 Å². The highest BCUT2D eigenvalue weighted by atomic mass is 16.5. The van der Waals surface area contributed by atoms with Crippen LogP contribution in [0.3, 0.4) is 0 Å². The first-order valence-electron chi connectivity index (χ1n) is 6.25. The average Bonchev–Trinajstić information content (AvgIpc) is 2.42. The lowest BCUT2D eigenvalue weighted by Gasteiger charge is -2.22. The van der Waals surface area contributed by atoms with Gasteiger partial charge in [0.25, 0.3) is 0 Å². The van der Waals surface area contributed by atoms with Crippen molar-refractivity contribution in [2.75, 3.05) is 27.9 Å². The van der Waals surface area contributed by atoms with E-state index >= 15 is 0 Å². The second kappa shape index (κ2) is 7.21. The molecule has 19 heavy (non-hydrogen) atoms. The van der Waals surface area contributed by atoms with Gasteiger partial charge in [-0.2, -0.15) is 0 Å². The molecule has 2 unspecified atom stereocenters. The first-order chi connectivity index (χ1) is 9.07. The molecule has 0 aliphatic heterocycles. The number of benzene rings is 1. The van der Waals surface area contributed by atoms with E-state index in [9.17, 15) is 5.11 Å². The van der Waals surface area contributed by atoms with Crippen LogP contribution in [0.4, 0.5) is 0 Å². The summed E-state index contributed by atoms with van der Waals surface area (Å²) in [7, 11) is 4.77. The molecule has 0 aliphatic rings. The number of nitrogens with two attached hydrogens (primary N) is 1. The molecule has 1 aromatic carbocycles.